The standard InChI is InChI=1S/C23H43N3O7.2H2/c1-5-7-18(3)15-25-23(29)21-14-20(33-19(4)27)16-26(21)22(28)17-32-13-12-31-11-10-30-9-8-24-6-2;;/h18,20-21,24H,5-17H2,1-4H3,(H,25,29);2*1H. The molecule has 1 saturated heterocycles. The first-order valence-electron chi connectivity index (χ1n) is 12.1. The number of carbonyl (C=O) groups is 3. The molecule has 1 heterocycles. The predicted octanol–water partition coefficient (Wildman–Crippen LogP) is 1.22. The molecule has 0 bridgehead atoms. The van der Waals surface area contributed by atoms with Crippen LogP contribution in [0.5, 0.6) is 0 Å². The van der Waals surface area contributed by atoms with Crippen LogP contribution >= 0.6 is 0 Å². The van der Waals surface area contributed by atoms with Crippen LogP contribution in [0.3, 0.4) is 0 Å². The maximum atomic E-state index is 12.7. The third-order valence-electron chi connectivity index (χ3n) is 5.27. The summed E-state index contributed by atoms with van der Waals surface area (Å²) >= 11 is 0. The summed E-state index contributed by atoms with van der Waals surface area (Å²) in [7, 11) is 0. The number of carbonyl (C=O) groups excluding carboxylic acids is 3. The first-order valence-corrected chi connectivity index (χ1v) is 12.1. The molecule has 196 valence electrons. The van der Waals surface area contributed by atoms with Crippen molar-refractivity contribution < 1.29 is 36.2 Å². The van der Waals surface area contributed by atoms with Crippen molar-refractivity contribution in [1.29, 1.82) is 0 Å². The van der Waals surface area contributed by atoms with Gasteiger partial charge in [-0.05, 0) is 18.9 Å². The Kier molecular flexibility index (Phi) is 15.7. The van der Waals surface area contributed by atoms with E-state index in [9.17, 15) is 14.4 Å². The van der Waals surface area contributed by atoms with Crippen LogP contribution in [0.4, 0.5) is 0 Å². The molecule has 10 heteroatoms. The summed E-state index contributed by atoms with van der Waals surface area (Å²) in [5, 5.41) is 6.10. The van der Waals surface area contributed by atoms with E-state index in [2.05, 4.69) is 24.5 Å². The molecule has 1 aliphatic rings. The maximum Gasteiger partial charge on any atom is 0.302 e. The normalized spacial score (nSPS) is 18.8. The minimum atomic E-state index is -0.671. The first kappa shape index (κ1) is 29.3. The predicted molar refractivity (Wildman–Crippen MR) is 128 cm³/mol. The zero-order valence-corrected chi connectivity index (χ0v) is 20.7. The Hall–Kier alpha value is -1.75. The van der Waals surface area contributed by atoms with Crippen molar-refractivity contribution in [3.63, 3.8) is 0 Å². The highest BCUT2D eigenvalue weighted by Gasteiger charge is 2.40. The molecule has 10 nitrogen and oxygen atoms in total. The molecule has 1 aliphatic heterocycles. The van der Waals surface area contributed by atoms with Crippen LogP contribution in [-0.2, 0) is 33.3 Å². The number of hydrogen-bond donors (Lipinski definition) is 2. The molecule has 0 spiro atoms. The van der Waals surface area contributed by atoms with E-state index in [0.29, 0.717) is 38.9 Å². The van der Waals surface area contributed by atoms with Gasteiger partial charge in [-0.1, -0.05) is 27.2 Å². The van der Waals surface area contributed by atoms with Gasteiger partial charge in [-0.3, -0.25) is 14.4 Å². The molecule has 3 unspecified atom stereocenters. The Morgan fingerprint density at radius 1 is 1.06 bits per heavy atom. The average Bonchev–Trinajstić information content (AvgIpc) is 3.19. The van der Waals surface area contributed by atoms with E-state index in [1.54, 1.807) is 0 Å². The van der Waals surface area contributed by atoms with Gasteiger partial charge in [-0.15, -0.1) is 0 Å². The highest BCUT2D eigenvalue weighted by molar-refractivity contribution is 5.89. The monoisotopic (exact) mass is 477 g/mol. The molecule has 2 N–H and O–H groups in total. The number of likely N-dealkylation sites (N-methyl/N-ethyl adjacent to an activating group) is 1. The fourth-order valence-electron chi connectivity index (χ4n) is 3.63. The van der Waals surface area contributed by atoms with Crippen molar-refractivity contribution in [3.8, 4) is 0 Å². The van der Waals surface area contributed by atoms with E-state index < -0.39 is 18.1 Å². The molecule has 0 saturated carbocycles. The number of esters is 1. The number of rotatable bonds is 18. The number of nitrogens with one attached hydrogen (secondary N) is 2. The van der Waals surface area contributed by atoms with Gasteiger partial charge < -0.3 is 34.5 Å². The van der Waals surface area contributed by atoms with E-state index in [1.165, 1.54) is 11.8 Å². The number of amides is 2. The Labute approximate surface area is 201 Å². The second-order valence-electron chi connectivity index (χ2n) is 8.30. The minimum absolute atomic E-state index is 0. The van der Waals surface area contributed by atoms with E-state index in [0.717, 1.165) is 25.9 Å². The van der Waals surface area contributed by atoms with Gasteiger partial charge in [0.15, 0.2) is 0 Å². The van der Waals surface area contributed by atoms with Crippen LogP contribution in [0.25, 0.3) is 0 Å². The Morgan fingerprint density at radius 2 is 1.73 bits per heavy atom. The fourth-order valence-corrected chi connectivity index (χ4v) is 3.63. The Balaban J connectivity index is 0. The summed E-state index contributed by atoms with van der Waals surface area (Å²) in [5.74, 6) is -0.601. The van der Waals surface area contributed by atoms with Gasteiger partial charge >= 0.3 is 5.97 Å². The van der Waals surface area contributed by atoms with E-state index >= 15 is 0 Å². The lowest BCUT2D eigenvalue weighted by Gasteiger charge is -2.24. The molecular formula is C23H47N3O7. The number of likely N-dealkylation sites (tertiary alicyclic amines) is 1. The van der Waals surface area contributed by atoms with Crippen molar-refractivity contribution in [3.05, 3.63) is 0 Å². The van der Waals surface area contributed by atoms with Gasteiger partial charge in [-0.25, -0.2) is 0 Å². The second-order valence-corrected chi connectivity index (χ2v) is 8.30. The largest absolute Gasteiger partial charge is 0.461 e. The summed E-state index contributed by atoms with van der Waals surface area (Å²) in [6.07, 6.45) is 1.85. The third-order valence-corrected chi connectivity index (χ3v) is 5.27. The van der Waals surface area contributed by atoms with Crippen LogP contribution in [0.1, 0.15) is 49.8 Å². The highest BCUT2D eigenvalue weighted by Crippen LogP contribution is 2.21. The van der Waals surface area contributed by atoms with E-state index in [4.69, 9.17) is 18.9 Å². The van der Waals surface area contributed by atoms with Gasteiger partial charge in [0.2, 0.25) is 11.8 Å². The third kappa shape index (κ3) is 12.9. The average molecular weight is 478 g/mol. The van der Waals surface area contributed by atoms with E-state index in [-0.39, 0.29) is 40.8 Å². The smallest absolute Gasteiger partial charge is 0.302 e. The summed E-state index contributed by atoms with van der Waals surface area (Å²) in [6.45, 7) is 12.1. The zero-order chi connectivity index (χ0) is 24.5. The summed E-state index contributed by atoms with van der Waals surface area (Å²) in [6, 6.07) is -0.671. The zero-order valence-electron chi connectivity index (χ0n) is 20.7. The second kappa shape index (κ2) is 17.7. The lowest BCUT2D eigenvalue weighted by Crippen LogP contribution is -2.48. The van der Waals surface area contributed by atoms with Gasteiger partial charge in [0.1, 0.15) is 18.8 Å². The lowest BCUT2D eigenvalue weighted by atomic mass is 10.1. The van der Waals surface area contributed by atoms with Crippen molar-refractivity contribution in [2.45, 2.75) is 59.1 Å². The fraction of sp³-hybridized carbons (Fsp3) is 0.870. The van der Waals surface area contributed by atoms with Crippen LogP contribution < -0.4 is 10.6 Å². The van der Waals surface area contributed by atoms with Crippen LogP contribution in [0.2, 0.25) is 0 Å². The number of ether oxygens (including phenoxy) is 4. The van der Waals surface area contributed by atoms with Gasteiger partial charge in [0.05, 0.1) is 39.6 Å². The summed E-state index contributed by atoms with van der Waals surface area (Å²) in [4.78, 5) is 38.2. The molecule has 3 atom stereocenters. The molecule has 1 fully saturated rings. The molecule has 1 rings (SSSR count). The Morgan fingerprint density at radius 3 is 2.36 bits per heavy atom. The van der Waals surface area contributed by atoms with Crippen LogP contribution in [-0.4, -0.2) is 101 Å². The van der Waals surface area contributed by atoms with Crippen molar-refractivity contribution >= 4 is 17.8 Å². The van der Waals surface area contributed by atoms with Crippen molar-refractivity contribution in [1.82, 2.24) is 15.5 Å². The molecule has 33 heavy (non-hydrogen) atoms. The van der Waals surface area contributed by atoms with Crippen molar-refractivity contribution in [2.24, 2.45) is 5.92 Å². The molecule has 0 radical (unpaired) electrons. The number of hydrogen-bond acceptors (Lipinski definition) is 8. The molecule has 0 aromatic heterocycles. The Bertz CT molecular complexity index is 587. The first-order chi connectivity index (χ1) is 15.9. The van der Waals surface area contributed by atoms with Gasteiger partial charge in [-0.2, -0.15) is 0 Å². The molecule has 0 aliphatic carbocycles. The van der Waals surface area contributed by atoms with E-state index in [1.807, 2.05) is 6.92 Å². The quantitative estimate of drug-likeness (QED) is 0.224. The SMILES string of the molecule is CCCC(C)CNC(=O)C1CC(OC(C)=O)CN1C(=O)COCCOCCOCCNCC.[HH].[HH]. The summed E-state index contributed by atoms with van der Waals surface area (Å²) < 4.78 is 21.5. The van der Waals surface area contributed by atoms with Crippen LogP contribution in [0.15, 0.2) is 0 Å². The summed E-state index contributed by atoms with van der Waals surface area (Å²) in [5.41, 5.74) is 0. The van der Waals surface area contributed by atoms with Crippen molar-refractivity contribution in [2.75, 3.05) is 65.8 Å². The highest BCUT2D eigenvalue weighted by atomic mass is 16.5. The molecule has 0 aromatic rings. The minimum Gasteiger partial charge on any atom is -0.461 e. The maximum absolute atomic E-state index is 12.7. The molecular weight excluding hydrogens is 430 g/mol. The number of nitrogens with zero attached hydrogens (tertiary/aromatic N) is 1. The van der Waals surface area contributed by atoms with Gasteiger partial charge in [0.25, 0.3) is 0 Å². The van der Waals surface area contributed by atoms with Gasteiger partial charge in [0, 0.05) is 29.3 Å². The molecule has 0 aromatic carbocycles. The lowest BCUT2D eigenvalue weighted by molar-refractivity contribution is -0.147. The topological polar surface area (TPSA) is 115 Å². The van der Waals surface area contributed by atoms with Crippen LogP contribution in [0, 0.1) is 5.92 Å². The molecule has 2 amide bonds.